The van der Waals surface area contributed by atoms with E-state index in [1.165, 1.54) is 12.3 Å². The number of hydrogen-bond donors (Lipinski definition) is 1. The van der Waals surface area contributed by atoms with Crippen LogP contribution in [0, 0.1) is 0 Å². The fourth-order valence-corrected chi connectivity index (χ4v) is 2.02. The molecule has 14 heavy (non-hydrogen) atoms. The van der Waals surface area contributed by atoms with Gasteiger partial charge in [-0.25, -0.2) is 4.39 Å². The van der Waals surface area contributed by atoms with Crippen LogP contribution in [-0.4, -0.2) is 11.1 Å². The van der Waals surface area contributed by atoms with Gasteiger partial charge in [-0.3, -0.25) is 4.79 Å². The number of alkyl halides is 1. The van der Waals surface area contributed by atoms with Gasteiger partial charge in [0, 0.05) is 12.0 Å². The number of furan rings is 1. The third kappa shape index (κ3) is 1.41. The van der Waals surface area contributed by atoms with Crippen LogP contribution in [0.2, 0.25) is 0 Å². The van der Waals surface area contributed by atoms with Gasteiger partial charge in [0.25, 0.3) is 0 Å². The summed E-state index contributed by atoms with van der Waals surface area (Å²) in [6.07, 6.45) is 2.56. The number of carbonyl (C=O) groups is 1. The second-order valence-electron chi connectivity index (χ2n) is 3.65. The van der Waals surface area contributed by atoms with Gasteiger partial charge in [-0.15, -0.1) is 0 Å². The molecule has 0 radical (unpaired) electrons. The first kappa shape index (κ1) is 9.24. The van der Waals surface area contributed by atoms with Crippen molar-refractivity contribution in [3.8, 4) is 0 Å². The summed E-state index contributed by atoms with van der Waals surface area (Å²) in [6, 6.07) is 1.54. The van der Waals surface area contributed by atoms with Gasteiger partial charge >= 0.3 is 5.97 Å². The van der Waals surface area contributed by atoms with Crippen LogP contribution >= 0.6 is 0 Å². The maximum atomic E-state index is 14.2. The summed E-state index contributed by atoms with van der Waals surface area (Å²) >= 11 is 0. The lowest BCUT2D eigenvalue weighted by molar-refractivity contribution is -0.140. The molecule has 1 N–H and O–H groups in total. The van der Waals surface area contributed by atoms with Crippen molar-refractivity contribution in [2.45, 2.75) is 31.4 Å². The maximum absolute atomic E-state index is 14.2. The van der Waals surface area contributed by atoms with Gasteiger partial charge in [0.15, 0.2) is 0 Å². The van der Waals surface area contributed by atoms with Crippen molar-refractivity contribution in [2.75, 3.05) is 0 Å². The molecule has 0 spiro atoms. The number of aliphatic carboxylic acids is 1. The first-order valence-corrected chi connectivity index (χ1v) is 4.59. The highest BCUT2D eigenvalue weighted by atomic mass is 19.1. The van der Waals surface area contributed by atoms with E-state index in [0.717, 1.165) is 0 Å². The van der Waals surface area contributed by atoms with Crippen LogP contribution in [-0.2, 0) is 16.9 Å². The molecule has 3 nitrogen and oxygen atoms in total. The summed E-state index contributed by atoms with van der Waals surface area (Å²) in [7, 11) is 0. The number of hydrogen-bond acceptors (Lipinski definition) is 2. The Bertz CT molecular complexity index is 358. The lowest BCUT2D eigenvalue weighted by Crippen LogP contribution is -2.27. The van der Waals surface area contributed by atoms with Gasteiger partial charge in [-0.1, -0.05) is 0 Å². The lowest BCUT2D eigenvalue weighted by atomic mass is 9.82. The van der Waals surface area contributed by atoms with E-state index >= 15 is 0 Å². The van der Waals surface area contributed by atoms with Crippen LogP contribution in [0.4, 0.5) is 4.39 Å². The van der Waals surface area contributed by atoms with Gasteiger partial charge in [-0.05, 0) is 18.9 Å². The quantitative estimate of drug-likeness (QED) is 0.792. The van der Waals surface area contributed by atoms with Gasteiger partial charge in [0.05, 0.1) is 12.7 Å². The van der Waals surface area contributed by atoms with Crippen LogP contribution in [0.1, 0.15) is 30.6 Å². The summed E-state index contributed by atoms with van der Waals surface area (Å²) in [5.74, 6) is -0.512. The van der Waals surface area contributed by atoms with Gasteiger partial charge < -0.3 is 9.52 Å². The molecule has 0 saturated carbocycles. The highest BCUT2D eigenvalue weighted by Crippen LogP contribution is 2.41. The first-order valence-electron chi connectivity index (χ1n) is 4.59. The summed E-state index contributed by atoms with van der Waals surface area (Å²) in [5.41, 5.74) is -1.31. The molecular formula is C10H11FO3. The van der Waals surface area contributed by atoms with E-state index in [1.54, 1.807) is 0 Å². The zero-order valence-electron chi connectivity index (χ0n) is 7.62. The molecule has 4 heteroatoms. The number of fused-ring (bicyclic) bond motifs is 1. The molecule has 1 aromatic heterocycles. The van der Waals surface area contributed by atoms with E-state index in [0.29, 0.717) is 24.2 Å². The fraction of sp³-hybridized carbons (Fsp3) is 0.500. The van der Waals surface area contributed by atoms with Crippen molar-refractivity contribution in [1.29, 1.82) is 0 Å². The fourth-order valence-electron chi connectivity index (χ4n) is 2.02. The average Bonchev–Trinajstić information content (AvgIpc) is 2.51. The number of carboxylic acid groups (broad SMARTS) is 1. The zero-order valence-corrected chi connectivity index (χ0v) is 7.62. The molecule has 76 valence electrons. The Morgan fingerprint density at radius 2 is 2.50 bits per heavy atom. The molecule has 0 fully saturated rings. The number of halogens is 1. The second-order valence-corrected chi connectivity index (χ2v) is 3.65. The van der Waals surface area contributed by atoms with Crippen molar-refractivity contribution in [3.63, 3.8) is 0 Å². The molecule has 0 saturated heterocycles. The van der Waals surface area contributed by atoms with Crippen LogP contribution in [0.15, 0.2) is 16.7 Å². The molecule has 1 aliphatic rings. The van der Waals surface area contributed by atoms with Gasteiger partial charge in [-0.2, -0.15) is 0 Å². The maximum Gasteiger partial charge on any atom is 0.306 e. The summed E-state index contributed by atoms with van der Waals surface area (Å²) in [5, 5.41) is 8.62. The molecule has 1 heterocycles. The van der Waals surface area contributed by atoms with Crippen LogP contribution in [0.5, 0.6) is 0 Å². The molecule has 0 amide bonds. The minimum Gasteiger partial charge on any atom is -0.481 e. The number of rotatable bonds is 2. The van der Waals surface area contributed by atoms with E-state index in [9.17, 15) is 9.18 Å². The predicted molar refractivity (Wildman–Crippen MR) is 46.7 cm³/mol. The van der Waals surface area contributed by atoms with E-state index in [4.69, 9.17) is 9.52 Å². The summed E-state index contributed by atoms with van der Waals surface area (Å²) in [4.78, 5) is 10.5. The normalized spacial score (nSPS) is 25.8. The smallest absolute Gasteiger partial charge is 0.306 e. The Morgan fingerprint density at radius 1 is 1.71 bits per heavy atom. The minimum atomic E-state index is -1.73. The number of carboxylic acids is 1. The summed E-state index contributed by atoms with van der Waals surface area (Å²) < 4.78 is 19.3. The lowest BCUT2D eigenvalue weighted by Gasteiger charge is -2.27. The highest BCUT2D eigenvalue weighted by molar-refractivity contribution is 5.68. The topological polar surface area (TPSA) is 50.4 Å². The van der Waals surface area contributed by atoms with E-state index < -0.39 is 18.1 Å². The van der Waals surface area contributed by atoms with Crippen molar-refractivity contribution >= 4 is 5.97 Å². The molecule has 1 aliphatic carbocycles. The standard InChI is InChI=1S/C10H11FO3/c11-10(6-9(12)13)4-1-2-8-7(10)3-5-14-8/h3,5H,1-2,4,6H2,(H,12,13). The molecule has 1 unspecified atom stereocenters. The predicted octanol–water partition coefficient (Wildman–Crippen LogP) is 2.26. The number of aryl methyl sites for hydroxylation is 1. The van der Waals surface area contributed by atoms with Crippen molar-refractivity contribution in [3.05, 3.63) is 23.7 Å². The summed E-state index contributed by atoms with van der Waals surface area (Å²) in [6.45, 7) is 0. The molecule has 0 bridgehead atoms. The highest BCUT2D eigenvalue weighted by Gasteiger charge is 2.40. The Kier molecular flexibility index (Phi) is 2.06. The zero-order chi connectivity index (χ0) is 10.2. The average molecular weight is 198 g/mol. The van der Waals surface area contributed by atoms with Gasteiger partial charge in [0.1, 0.15) is 11.4 Å². The monoisotopic (exact) mass is 198 g/mol. The van der Waals surface area contributed by atoms with E-state index in [-0.39, 0.29) is 6.42 Å². The first-order chi connectivity index (χ1) is 6.62. The molecule has 0 aliphatic heterocycles. The Hall–Kier alpha value is -1.32. The van der Waals surface area contributed by atoms with Gasteiger partial charge in [0.2, 0.25) is 0 Å². The molecule has 2 rings (SSSR count). The second kappa shape index (κ2) is 3.12. The Balaban J connectivity index is 2.34. The Morgan fingerprint density at radius 3 is 3.21 bits per heavy atom. The molecule has 1 aromatic rings. The van der Waals surface area contributed by atoms with Crippen molar-refractivity contribution in [1.82, 2.24) is 0 Å². The molecular weight excluding hydrogens is 187 g/mol. The third-order valence-electron chi connectivity index (χ3n) is 2.64. The van der Waals surface area contributed by atoms with Crippen molar-refractivity contribution < 1.29 is 18.7 Å². The molecule has 1 atom stereocenters. The van der Waals surface area contributed by atoms with Crippen molar-refractivity contribution in [2.24, 2.45) is 0 Å². The van der Waals surface area contributed by atoms with Crippen LogP contribution < -0.4 is 0 Å². The SMILES string of the molecule is O=C(O)CC1(F)CCCc2occc21. The van der Waals surface area contributed by atoms with E-state index in [1.807, 2.05) is 0 Å². The third-order valence-corrected chi connectivity index (χ3v) is 2.64. The van der Waals surface area contributed by atoms with Crippen LogP contribution in [0.3, 0.4) is 0 Å². The van der Waals surface area contributed by atoms with Crippen LogP contribution in [0.25, 0.3) is 0 Å². The largest absolute Gasteiger partial charge is 0.481 e. The Labute approximate surface area is 80.5 Å². The molecule has 0 aromatic carbocycles. The minimum absolute atomic E-state index is 0.270. The van der Waals surface area contributed by atoms with E-state index in [2.05, 4.69) is 0 Å².